The van der Waals surface area contributed by atoms with Crippen LogP contribution in [-0.4, -0.2) is 18.3 Å². The Hall–Kier alpha value is -1.22. The normalized spacial score (nSPS) is 10.1. The van der Waals surface area contributed by atoms with E-state index in [9.17, 15) is 0 Å². The fourth-order valence-electron chi connectivity index (χ4n) is 1.36. The van der Waals surface area contributed by atoms with Crippen molar-refractivity contribution in [3.8, 4) is 5.75 Å². The Labute approximate surface area is 78.1 Å². The van der Waals surface area contributed by atoms with Crippen LogP contribution in [0.25, 0.3) is 0 Å². The van der Waals surface area contributed by atoms with E-state index in [2.05, 4.69) is 0 Å². The Morgan fingerprint density at radius 1 is 1.31 bits per heavy atom. The van der Waals surface area contributed by atoms with Gasteiger partial charge in [0.05, 0.1) is 6.61 Å². The molecule has 0 aliphatic rings. The summed E-state index contributed by atoms with van der Waals surface area (Å²) in [7, 11) is 0. The van der Waals surface area contributed by atoms with Crippen molar-refractivity contribution in [2.45, 2.75) is 13.8 Å². The topological polar surface area (TPSA) is 55.5 Å². The number of aliphatic hydroxyl groups excluding tert-OH is 1. The third kappa shape index (κ3) is 2.36. The first-order valence-corrected chi connectivity index (χ1v) is 4.25. The van der Waals surface area contributed by atoms with Gasteiger partial charge in [-0.15, -0.1) is 0 Å². The van der Waals surface area contributed by atoms with Crippen molar-refractivity contribution < 1.29 is 9.84 Å². The van der Waals surface area contributed by atoms with Gasteiger partial charge in [0, 0.05) is 5.69 Å². The molecule has 13 heavy (non-hydrogen) atoms. The summed E-state index contributed by atoms with van der Waals surface area (Å²) < 4.78 is 5.37. The summed E-state index contributed by atoms with van der Waals surface area (Å²) in [6.07, 6.45) is 0. The van der Waals surface area contributed by atoms with E-state index in [1.54, 1.807) is 0 Å². The van der Waals surface area contributed by atoms with Crippen molar-refractivity contribution in [3.63, 3.8) is 0 Å². The van der Waals surface area contributed by atoms with E-state index in [4.69, 9.17) is 15.6 Å². The average Bonchev–Trinajstić information content (AvgIpc) is 2.02. The Morgan fingerprint density at radius 3 is 2.31 bits per heavy atom. The number of hydrogen-bond donors (Lipinski definition) is 2. The summed E-state index contributed by atoms with van der Waals surface area (Å²) in [5, 5.41) is 8.61. The van der Waals surface area contributed by atoms with Crippen LogP contribution in [0.2, 0.25) is 0 Å². The second-order valence-electron chi connectivity index (χ2n) is 3.06. The van der Waals surface area contributed by atoms with Crippen molar-refractivity contribution in [2.24, 2.45) is 0 Å². The molecule has 1 rings (SSSR count). The summed E-state index contributed by atoms with van der Waals surface area (Å²) >= 11 is 0. The lowest BCUT2D eigenvalue weighted by atomic mass is 10.1. The van der Waals surface area contributed by atoms with Gasteiger partial charge in [-0.1, -0.05) is 0 Å². The molecule has 0 fully saturated rings. The maximum absolute atomic E-state index is 8.61. The SMILES string of the molecule is Cc1cc(N)cc(C)c1OCCO. The summed E-state index contributed by atoms with van der Waals surface area (Å²) in [6.45, 7) is 4.24. The zero-order valence-electron chi connectivity index (χ0n) is 8.00. The van der Waals surface area contributed by atoms with E-state index in [-0.39, 0.29) is 6.61 Å². The molecule has 0 aliphatic carbocycles. The quantitative estimate of drug-likeness (QED) is 0.690. The fraction of sp³-hybridized carbons (Fsp3) is 0.400. The van der Waals surface area contributed by atoms with E-state index in [1.165, 1.54) is 0 Å². The van der Waals surface area contributed by atoms with Crippen molar-refractivity contribution in [2.75, 3.05) is 18.9 Å². The molecule has 0 aromatic heterocycles. The monoisotopic (exact) mass is 181 g/mol. The van der Waals surface area contributed by atoms with Gasteiger partial charge in [0.2, 0.25) is 0 Å². The van der Waals surface area contributed by atoms with E-state index < -0.39 is 0 Å². The van der Waals surface area contributed by atoms with Crippen LogP contribution >= 0.6 is 0 Å². The van der Waals surface area contributed by atoms with Gasteiger partial charge in [0.15, 0.2) is 0 Å². The summed E-state index contributed by atoms with van der Waals surface area (Å²) in [4.78, 5) is 0. The predicted octanol–water partition coefficient (Wildman–Crippen LogP) is 1.26. The fourth-order valence-corrected chi connectivity index (χ4v) is 1.36. The number of hydrogen-bond acceptors (Lipinski definition) is 3. The van der Waals surface area contributed by atoms with Crippen molar-refractivity contribution in [1.29, 1.82) is 0 Å². The molecule has 3 N–H and O–H groups in total. The molecule has 1 aromatic carbocycles. The van der Waals surface area contributed by atoms with E-state index >= 15 is 0 Å². The first-order valence-electron chi connectivity index (χ1n) is 4.25. The van der Waals surface area contributed by atoms with Crippen molar-refractivity contribution in [1.82, 2.24) is 0 Å². The molecule has 0 atom stereocenters. The number of anilines is 1. The van der Waals surface area contributed by atoms with Crippen molar-refractivity contribution >= 4 is 5.69 Å². The zero-order valence-corrected chi connectivity index (χ0v) is 8.00. The van der Waals surface area contributed by atoms with E-state index in [0.29, 0.717) is 6.61 Å². The third-order valence-electron chi connectivity index (χ3n) is 1.82. The average molecular weight is 181 g/mol. The Balaban J connectivity index is 2.92. The van der Waals surface area contributed by atoms with Gasteiger partial charge in [-0.05, 0) is 37.1 Å². The lowest BCUT2D eigenvalue weighted by Crippen LogP contribution is -2.04. The van der Waals surface area contributed by atoms with Gasteiger partial charge in [-0.2, -0.15) is 0 Å². The minimum Gasteiger partial charge on any atom is -0.491 e. The molecule has 0 unspecified atom stereocenters. The van der Waals surface area contributed by atoms with Gasteiger partial charge in [-0.3, -0.25) is 0 Å². The van der Waals surface area contributed by atoms with Gasteiger partial charge < -0.3 is 15.6 Å². The van der Waals surface area contributed by atoms with E-state index in [0.717, 1.165) is 22.6 Å². The van der Waals surface area contributed by atoms with Crippen LogP contribution in [0.15, 0.2) is 12.1 Å². The molecular formula is C10H15NO2. The minimum absolute atomic E-state index is 0.0310. The largest absolute Gasteiger partial charge is 0.491 e. The number of ether oxygens (including phenoxy) is 1. The molecule has 0 aliphatic heterocycles. The summed E-state index contributed by atoms with van der Waals surface area (Å²) in [5.74, 6) is 0.822. The summed E-state index contributed by atoms with van der Waals surface area (Å²) in [5.41, 5.74) is 8.41. The Kier molecular flexibility index (Phi) is 3.14. The second kappa shape index (κ2) is 4.14. The maximum atomic E-state index is 8.61. The number of nitrogens with two attached hydrogens (primary N) is 1. The highest BCUT2D eigenvalue weighted by Crippen LogP contribution is 2.25. The van der Waals surface area contributed by atoms with Crippen LogP contribution < -0.4 is 10.5 Å². The van der Waals surface area contributed by atoms with Crippen LogP contribution in [0, 0.1) is 13.8 Å². The van der Waals surface area contributed by atoms with Crippen LogP contribution in [0.4, 0.5) is 5.69 Å². The number of aryl methyl sites for hydroxylation is 2. The summed E-state index contributed by atoms with van der Waals surface area (Å²) in [6, 6.07) is 3.72. The molecule has 3 heteroatoms. The number of nitrogen functional groups attached to an aromatic ring is 1. The van der Waals surface area contributed by atoms with E-state index in [1.807, 2.05) is 26.0 Å². The van der Waals surface area contributed by atoms with Gasteiger partial charge in [0.25, 0.3) is 0 Å². The lowest BCUT2D eigenvalue weighted by Gasteiger charge is -2.11. The first kappa shape index (κ1) is 9.86. The molecule has 0 spiro atoms. The molecule has 0 saturated carbocycles. The second-order valence-corrected chi connectivity index (χ2v) is 3.06. The number of benzene rings is 1. The van der Waals surface area contributed by atoms with Crippen LogP contribution in [0.3, 0.4) is 0 Å². The number of rotatable bonds is 3. The predicted molar refractivity (Wildman–Crippen MR) is 52.9 cm³/mol. The van der Waals surface area contributed by atoms with Crippen molar-refractivity contribution in [3.05, 3.63) is 23.3 Å². The van der Waals surface area contributed by atoms with Crippen LogP contribution in [0.1, 0.15) is 11.1 Å². The smallest absolute Gasteiger partial charge is 0.125 e. The molecule has 3 nitrogen and oxygen atoms in total. The zero-order chi connectivity index (χ0) is 9.84. The molecule has 0 radical (unpaired) electrons. The third-order valence-corrected chi connectivity index (χ3v) is 1.82. The van der Waals surface area contributed by atoms with Gasteiger partial charge in [0.1, 0.15) is 12.4 Å². The van der Waals surface area contributed by atoms with Gasteiger partial charge >= 0.3 is 0 Å². The van der Waals surface area contributed by atoms with Crippen LogP contribution in [0.5, 0.6) is 5.75 Å². The highest BCUT2D eigenvalue weighted by molar-refractivity contribution is 5.52. The first-order chi connectivity index (χ1) is 6.15. The molecular weight excluding hydrogens is 166 g/mol. The highest BCUT2D eigenvalue weighted by atomic mass is 16.5. The lowest BCUT2D eigenvalue weighted by molar-refractivity contribution is 0.200. The minimum atomic E-state index is 0.0310. The molecule has 0 bridgehead atoms. The molecule has 72 valence electrons. The molecule has 1 aromatic rings. The highest BCUT2D eigenvalue weighted by Gasteiger charge is 2.04. The number of aliphatic hydroxyl groups is 1. The standard InChI is InChI=1S/C10H15NO2/c1-7-5-9(11)6-8(2)10(7)13-4-3-12/h5-6,12H,3-4,11H2,1-2H3. The Morgan fingerprint density at radius 2 is 1.85 bits per heavy atom. The maximum Gasteiger partial charge on any atom is 0.125 e. The van der Waals surface area contributed by atoms with Gasteiger partial charge in [-0.25, -0.2) is 0 Å². The van der Waals surface area contributed by atoms with Crippen LogP contribution in [-0.2, 0) is 0 Å². The molecule has 0 amide bonds. The molecule has 0 saturated heterocycles. The molecule has 0 heterocycles. The Bertz CT molecular complexity index is 274.